The van der Waals surface area contributed by atoms with Gasteiger partial charge in [-0.1, -0.05) is 6.07 Å². The van der Waals surface area contributed by atoms with Gasteiger partial charge in [-0.2, -0.15) is 0 Å². The van der Waals surface area contributed by atoms with Gasteiger partial charge in [-0.05, 0) is 42.0 Å². The molecule has 3 N–H and O–H groups in total. The van der Waals surface area contributed by atoms with Crippen LogP contribution in [0.3, 0.4) is 0 Å². The molecule has 0 saturated carbocycles. The molecule has 3 rings (SSSR count). The van der Waals surface area contributed by atoms with Gasteiger partial charge in [-0.25, -0.2) is 0 Å². The monoisotopic (exact) mass is 352 g/mol. The Kier molecular flexibility index (Phi) is 4.84. The van der Waals surface area contributed by atoms with Crippen molar-refractivity contribution in [1.82, 2.24) is 4.98 Å². The second-order valence-corrected chi connectivity index (χ2v) is 5.63. The van der Waals surface area contributed by atoms with Crippen LogP contribution in [0, 0.1) is 0 Å². The standard InChI is InChI=1S/C20H20N2O4/c1-24-17-10-13(11-18(25-2)20(17)26-3)19(23)14-9-12(6-7-15(14)21)16-5-4-8-22-16/h4-11,22H,21H2,1-3H3. The molecule has 1 heterocycles. The van der Waals surface area contributed by atoms with Crippen LogP contribution >= 0.6 is 0 Å². The molecule has 0 amide bonds. The maximum absolute atomic E-state index is 13.1. The second kappa shape index (κ2) is 7.23. The number of hydrogen-bond acceptors (Lipinski definition) is 5. The number of nitrogens with two attached hydrogens (primary N) is 1. The molecule has 0 fully saturated rings. The summed E-state index contributed by atoms with van der Waals surface area (Å²) < 4.78 is 16.0. The Morgan fingerprint density at radius 3 is 2.19 bits per heavy atom. The molecule has 26 heavy (non-hydrogen) atoms. The van der Waals surface area contributed by atoms with E-state index in [9.17, 15) is 4.79 Å². The van der Waals surface area contributed by atoms with E-state index in [4.69, 9.17) is 19.9 Å². The highest BCUT2D eigenvalue weighted by molar-refractivity contribution is 6.13. The lowest BCUT2D eigenvalue weighted by Crippen LogP contribution is -2.07. The highest BCUT2D eigenvalue weighted by Gasteiger charge is 2.20. The molecular weight excluding hydrogens is 332 g/mol. The number of nitrogen functional groups attached to an aromatic ring is 1. The van der Waals surface area contributed by atoms with Gasteiger partial charge in [-0.3, -0.25) is 4.79 Å². The highest BCUT2D eigenvalue weighted by Crippen LogP contribution is 2.39. The summed E-state index contributed by atoms with van der Waals surface area (Å²) in [5.74, 6) is 1.03. The van der Waals surface area contributed by atoms with Crippen molar-refractivity contribution in [2.45, 2.75) is 0 Å². The number of carbonyl (C=O) groups excluding carboxylic acids is 1. The smallest absolute Gasteiger partial charge is 0.203 e. The highest BCUT2D eigenvalue weighted by atomic mass is 16.5. The molecule has 1 aromatic heterocycles. The average molecular weight is 352 g/mol. The minimum absolute atomic E-state index is 0.227. The molecule has 0 aliphatic rings. The SMILES string of the molecule is COc1cc(C(=O)c2cc(-c3ccc[nH]3)ccc2N)cc(OC)c1OC. The predicted octanol–water partition coefficient (Wildman–Crippen LogP) is 3.52. The molecule has 134 valence electrons. The van der Waals surface area contributed by atoms with Gasteiger partial charge in [0.25, 0.3) is 0 Å². The third-order valence-corrected chi connectivity index (χ3v) is 4.13. The molecule has 0 aliphatic carbocycles. The molecule has 2 aromatic carbocycles. The van der Waals surface area contributed by atoms with Crippen molar-refractivity contribution in [1.29, 1.82) is 0 Å². The van der Waals surface area contributed by atoms with Crippen LogP contribution in [0.2, 0.25) is 0 Å². The maximum Gasteiger partial charge on any atom is 0.203 e. The first-order chi connectivity index (χ1) is 12.6. The average Bonchev–Trinajstić information content (AvgIpc) is 3.21. The number of ketones is 1. The van der Waals surface area contributed by atoms with E-state index < -0.39 is 0 Å². The molecule has 0 unspecified atom stereocenters. The van der Waals surface area contributed by atoms with Crippen molar-refractivity contribution in [3.63, 3.8) is 0 Å². The van der Waals surface area contributed by atoms with Crippen LogP contribution in [0.1, 0.15) is 15.9 Å². The van der Waals surface area contributed by atoms with Crippen LogP contribution in [-0.4, -0.2) is 32.1 Å². The van der Waals surface area contributed by atoms with E-state index in [-0.39, 0.29) is 5.78 Å². The van der Waals surface area contributed by atoms with Crippen molar-refractivity contribution in [2.75, 3.05) is 27.1 Å². The Morgan fingerprint density at radius 2 is 1.65 bits per heavy atom. The zero-order chi connectivity index (χ0) is 18.7. The molecular formula is C20H20N2O4. The van der Waals surface area contributed by atoms with Crippen molar-refractivity contribution < 1.29 is 19.0 Å². The van der Waals surface area contributed by atoms with E-state index >= 15 is 0 Å². The first-order valence-corrected chi connectivity index (χ1v) is 7.97. The molecule has 0 spiro atoms. The molecule has 6 nitrogen and oxygen atoms in total. The molecule has 0 radical (unpaired) electrons. The summed E-state index contributed by atoms with van der Waals surface area (Å²) in [6.45, 7) is 0. The van der Waals surface area contributed by atoms with Gasteiger partial charge in [0.05, 0.1) is 21.3 Å². The number of hydrogen-bond donors (Lipinski definition) is 2. The van der Waals surface area contributed by atoms with Crippen LogP contribution in [0.25, 0.3) is 11.3 Å². The van der Waals surface area contributed by atoms with E-state index in [1.54, 1.807) is 24.3 Å². The third-order valence-electron chi connectivity index (χ3n) is 4.13. The number of carbonyl (C=O) groups is 1. The van der Waals surface area contributed by atoms with E-state index in [1.165, 1.54) is 21.3 Å². The van der Waals surface area contributed by atoms with Crippen LogP contribution in [-0.2, 0) is 0 Å². The normalized spacial score (nSPS) is 10.4. The molecule has 0 aliphatic heterocycles. The number of ether oxygens (including phenoxy) is 3. The lowest BCUT2D eigenvalue weighted by molar-refractivity contribution is 0.103. The predicted molar refractivity (Wildman–Crippen MR) is 100 cm³/mol. The fourth-order valence-corrected chi connectivity index (χ4v) is 2.80. The van der Waals surface area contributed by atoms with Gasteiger partial charge in [0.15, 0.2) is 17.3 Å². The number of anilines is 1. The number of rotatable bonds is 6. The van der Waals surface area contributed by atoms with Gasteiger partial charge in [-0.15, -0.1) is 0 Å². The summed E-state index contributed by atoms with van der Waals surface area (Å²) in [4.78, 5) is 16.2. The fraction of sp³-hybridized carbons (Fsp3) is 0.150. The van der Waals surface area contributed by atoms with Crippen LogP contribution in [0.4, 0.5) is 5.69 Å². The van der Waals surface area contributed by atoms with Crippen LogP contribution < -0.4 is 19.9 Å². The zero-order valence-corrected chi connectivity index (χ0v) is 14.8. The van der Waals surface area contributed by atoms with Gasteiger partial charge >= 0.3 is 0 Å². The number of benzene rings is 2. The van der Waals surface area contributed by atoms with Crippen LogP contribution in [0.5, 0.6) is 17.2 Å². The molecule has 0 saturated heterocycles. The lowest BCUT2D eigenvalue weighted by Gasteiger charge is -2.14. The van der Waals surface area contributed by atoms with Crippen molar-refractivity contribution in [3.8, 4) is 28.5 Å². The minimum Gasteiger partial charge on any atom is -0.493 e. The van der Waals surface area contributed by atoms with E-state index in [2.05, 4.69) is 4.98 Å². The van der Waals surface area contributed by atoms with Gasteiger partial charge in [0.1, 0.15) is 0 Å². The Morgan fingerprint density at radius 1 is 0.962 bits per heavy atom. The lowest BCUT2D eigenvalue weighted by atomic mass is 9.98. The Balaban J connectivity index is 2.08. The van der Waals surface area contributed by atoms with Gasteiger partial charge < -0.3 is 24.9 Å². The van der Waals surface area contributed by atoms with Crippen LogP contribution in [0.15, 0.2) is 48.7 Å². The second-order valence-electron chi connectivity index (χ2n) is 5.63. The number of H-pyrrole nitrogens is 1. The third kappa shape index (κ3) is 3.09. The summed E-state index contributed by atoms with van der Waals surface area (Å²) in [6, 6.07) is 12.4. The first-order valence-electron chi connectivity index (χ1n) is 7.97. The number of aromatic amines is 1. The number of aromatic nitrogens is 1. The topological polar surface area (TPSA) is 86.6 Å². The van der Waals surface area contributed by atoms with Crippen molar-refractivity contribution >= 4 is 11.5 Å². The Bertz CT molecular complexity index is 908. The van der Waals surface area contributed by atoms with Gasteiger partial charge in [0, 0.05) is 28.7 Å². The molecule has 0 bridgehead atoms. The summed E-state index contributed by atoms with van der Waals surface area (Å²) in [5, 5.41) is 0. The number of nitrogens with one attached hydrogen (secondary N) is 1. The molecule has 6 heteroatoms. The Labute approximate surface area is 151 Å². The number of methoxy groups -OCH3 is 3. The summed E-state index contributed by atoms with van der Waals surface area (Å²) in [7, 11) is 4.53. The fourth-order valence-electron chi connectivity index (χ4n) is 2.80. The first kappa shape index (κ1) is 17.4. The van der Waals surface area contributed by atoms with Crippen molar-refractivity contribution in [2.24, 2.45) is 0 Å². The van der Waals surface area contributed by atoms with E-state index in [1.807, 2.05) is 24.4 Å². The molecule has 0 atom stereocenters. The van der Waals surface area contributed by atoms with Gasteiger partial charge in [0.2, 0.25) is 5.75 Å². The zero-order valence-electron chi connectivity index (χ0n) is 14.8. The summed E-state index contributed by atoms with van der Waals surface area (Å²) in [6.07, 6.45) is 1.83. The Hall–Kier alpha value is -3.41. The summed E-state index contributed by atoms with van der Waals surface area (Å²) >= 11 is 0. The van der Waals surface area contributed by atoms with Crippen molar-refractivity contribution in [3.05, 3.63) is 59.8 Å². The van der Waals surface area contributed by atoms with E-state index in [0.29, 0.717) is 34.1 Å². The van der Waals surface area contributed by atoms with E-state index in [0.717, 1.165) is 11.3 Å². The quantitative estimate of drug-likeness (QED) is 0.524. The summed E-state index contributed by atoms with van der Waals surface area (Å²) in [5.41, 5.74) is 9.05. The molecule has 3 aromatic rings. The maximum atomic E-state index is 13.1. The largest absolute Gasteiger partial charge is 0.493 e. The minimum atomic E-state index is -0.227.